The van der Waals surface area contributed by atoms with Crippen LogP contribution in [0.5, 0.6) is 5.75 Å². The summed E-state index contributed by atoms with van der Waals surface area (Å²) in [7, 11) is 3.58. The van der Waals surface area contributed by atoms with Crippen molar-refractivity contribution < 1.29 is 9.53 Å². The van der Waals surface area contributed by atoms with Gasteiger partial charge in [0.25, 0.3) is 0 Å². The molecule has 0 atom stereocenters. The number of anilines is 1. The highest BCUT2D eigenvalue weighted by Gasteiger charge is 2.08. The second kappa shape index (κ2) is 8.56. The Hall–Kier alpha value is -2.04. The number of nitrogens with zero attached hydrogens (tertiary/aromatic N) is 1. The van der Waals surface area contributed by atoms with Crippen LogP contribution in [0.25, 0.3) is 0 Å². The summed E-state index contributed by atoms with van der Waals surface area (Å²) in [5.41, 5.74) is 1.85. The predicted octanol–water partition coefficient (Wildman–Crippen LogP) is 3.46. The zero-order valence-corrected chi connectivity index (χ0v) is 14.1. The van der Waals surface area contributed by atoms with Gasteiger partial charge in [-0.05, 0) is 43.3 Å². The van der Waals surface area contributed by atoms with Gasteiger partial charge in [0.05, 0.1) is 24.4 Å². The van der Waals surface area contributed by atoms with E-state index < -0.39 is 0 Å². The summed E-state index contributed by atoms with van der Waals surface area (Å²) in [6.45, 7) is 1.11. The minimum atomic E-state index is -0.0738. The maximum atomic E-state index is 12.0. The maximum Gasteiger partial charge on any atom is 0.238 e. The molecule has 5 heteroatoms. The number of methoxy groups -OCH3 is 1. The summed E-state index contributed by atoms with van der Waals surface area (Å²) in [4.78, 5) is 14.0. The van der Waals surface area contributed by atoms with Gasteiger partial charge in [0.1, 0.15) is 5.75 Å². The molecule has 2 aromatic rings. The quantitative estimate of drug-likeness (QED) is 0.844. The van der Waals surface area contributed by atoms with Crippen molar-refractivity contribution in [2.24, 2.45) is 0 Å². The number of likely N-dealkylation sites (N-methyl/N-ethyl adjacent to an activating group) is 1. The number of hydrogen-bond donors (Lipinski definition) is 1. The lowest BCUT2D eigenvalue weighted by molar-refractivity contribution is -0.117. The van der Waals surface area contributed by atoms with Crippen LogP contribution in [0.15, 0.2) is 48.5 Å². The van der Waals surface area contributed by atoms with E-state index in [4.69, 9.17) is 16.3 Å². The molecule has 23 heavy (non-hydrogen) atoms. The largest absolute Gasteiger partial charge is 0.497 e. The molecule has 4 nitrogen and oxygen atoms in total. The zero-order valence-electron chi connectivity index (χ0n) is 13.4. The van der Waals surface area contributed by atoms with Crippen LogP contribution in [0.2, 0.25) is 5.02 Å². The second-order valence-corrected chi connectivity index (χ2v) is 5.77. The summed E-state index contributed by atoms with van der Waals surface area (Å²) in [5, 5.41) is 3.37. The molecule has 0 aliphatic carbocycles. The lowest BCUT2D eigenvalue weighted by atomic mass is 10.1. The smallest absolute Gasteiger partial charge is 0.238 e. The van der Waals surface area contributed by atoms with E-state index in [1.54, 1.807) is 19.2 Å². The normalized spacial score (nSPS) is 10.6. The molecule has 0 aliphatic rings. The first-order chi connectivity index (χ1) is 11.1. The molecule has 0 aliphatic heterocycles. The van der Waals surface area contributed by atoms with Gasteiger partial charge in [-0.15, -0.1) is 0 Å². The number of carbonyl (C=O) groups is 1. The van der Waals surface area contributed by atoms with Crippen molar-refractivity contribution in [2.75, 3.05) is 32.6 Å². The number of ether oxygens (including phenoxy) is 1. The van der Waals surface area contributed by atoms with Gasteiger partial charge >= 0.3 is 0 Å². The van der Waals surface area contributed by atoms with Gasteiger partial charge in [0.15, 0.2) is 0 Å². The summed E-state index contributed by atoms with van der Waals surface area (Å²) >= 11 is 6.03. The van der Waals surface area contributed by atoms with Crippen LogP contribution in [0.4, 0.5) is 5.69 Å². The van der Waals surface area contributed by atoms with Crippen LogP contribution < -0.4 is 10.1 Å². The van der Waals surface area contributed by atoms with Crippen LogP contribution >= 0.6 is 11.6 Å². The van der Waals surface area contributed by atoms with Gasteiger partial charge in [-0.25, -0.2) is 0 Å². The van der Waals surface area contributed by atoms with E-state index in [1.807, 2.05) is 48.3 Å². The number of nitrogens with one attached hydrogen (secondary N) is 1. The first kappa shape index (κ1) is 17.3. The van der Waals surface area contributed by atoms with Gasteiger partial charge in [0.2, 0.25) is 5.91 Å². The molecule has 0 fully saturated rings. The summed E-state index contributed by atoms with van der Waals surface area (Å²) in [5.74, 6) is 0.775. The summed E-state index contributed by atoms with van der Waals surface area (Å²) in [6, 6.07) is 15.2. The number of carbonyl (C=O) groups excluding carboxylic acids is 1. The standard InChI is InChI=1S/C18H21ClN2O2/c1-21(12-11-14-7-9-15(23-2)10-8-14)13-18(22)20-17-6-4-3-5-16(17)19/h3-10H,11-13H2,1-2H3,(H,20,22). The Labute approximate surface area is 142 Å². The maximum absolute atomic E-state index is 12.0. The van der Waals surface area contributed by atoms with Crippen molar-refractivity contribution in [3.8, 4) is 5.75 Å². The third kappa shape index (κ3) is 5.58. The Kier molecular flexibility index (Phi) is 6.44. The number of halogens is 1. The van der Waals surface area contributed by atoms with Crippen LogP contribution in [0.3, 0.4) is 0 Å². The van der Waals surface area contributed by atoms with E-state index >= 15 is 0 Å². The molecule has 2 rings (SSSR count). The van der Waals surface area contributed by atoms with Crippen molar-refractivity contribution in [1.82, 2.24) is 4.90 Å². The minimum Gasteiger partial charge on any atom is -0.497 e. The first-order valence-electron chi connectivity index (χ1n) is 7.44. The Balaban J connectivity index is 1.78. The van der Waals surface area contributed by atoms with Crippen LogP contribution in [0.1, 0.15) is 5.56 Å². The lowest BCUT2D eigenvalue weighted by Crippen LogP contribution is -2.31. The molecule has 0 saturated heterocycles. The zero-order chi connectivity index (χ0) is 16.7. The highest BCUT2D eigenvalue weighted by Crippen LogP contribution is 2.20. The average Bonchev–Trinajstić information content (AvgIpc) is 2.55. The third-order valence-corrected chi connectivity index (χ3v) is 3.83. The van der Waals surface area contributed by atoms with E-state index in [2.05, 4.69) is 5.32 Å². The van der Waals surface area contributed by atoms with E-state index in [0.29, 0.717) is 17.3 Å². The Morgan fingerprint density at radius 2 is 1.87 bits per heavy atom. The molecular formula is C18H21ClN2O2. The summed E-state index contributed by atoms with van der Waals surface area (Å²) < 4.78 is 5.14. The molecular weight excluding hydrogens is 312 g/mol. The molecule has 0 bridgehead atoms. The predicted molar refractivity (Wildman–Crippen MR) is 94.3 cm³/mol. The van der Waals surface area contributed by atoms with Gasteiger partial charge < -0.3 is 10.1 Å². The SMILES string of the molecule is COc1ccc(CCN(C)CC(=O)Nc2ccccc2Cl)cc1. The molecule has 1 N–H and O–H groups in total. The fourth-order valence-electron chi connectivity index (χ4n) is 2.19. The Morgan fingerprint density at radius 3 is 2.52 bits per heavy atom. The molecule has 0 unspecified atom stereocenters. The molecule has 0 spiro atoms. The fourth-order valence-corrected chi connectivity index (χ4v) is 2.37. The van der Waals surface area contributed by atoms with Crippen molar-refractivity contribution in [2.45, 2.75) is 6.42 Å². The minimum absolute atomic E-state index is 0.0738. The number of benzene rings is 2. The molecule has 1 amide bonds. The Bertz CT molecular complexity index is 644. The second-order valence-electron chi connectivity index (χ2n) is 5.36. The highest BCUT2D eigenvalue weighted by molar-refractivity contribution is 6.33. The van der Waals surface area contributed by atoms with Gasteiger partial charge in [-0.3, -0.25) is 9.69 Å². The van der Waals surface area contributed by atoms with Crippen molar-refractivity contribution in [1.29, 1.82) is 0 Å². The number of para-hydroxylation sites is 1. The topological polar surface area (TPSA) is 41.6 Å². The fraction of sp³-hybridized carbons (Fsp3) is 0.278. The Morgan fingerprint density at radius 1 is 1.17 bits per heavy atom. The number of amides is 1. The van der Waals surface area contributed by atoms with E-state index in [0.717, 1.165) is 18.7 Å². The molecule has 0 heterocycles. The highest BCUT2D eigenvalue weighted by atomic mass is 35.5. The van der Waals surface area contributed by atoms with Crippen molar-refractivity contribution in [3.63, 3.8) is 0 Å². The van der Waals surface area contributed by atoms with E-state index in [1.165, 1.54) is 5.56 Å². The first-order valence-corrected chi connectivity index (χ1v) is 7.82. The van der Waals surface area contributed by atoms with Crippen LogP contribution in [-0.2, 0) is 11.2 Å². The van der Waals surface area contributed by atoms with E-state index in [-0.39, 0.29) is 5.91 Å². The van der Waals surface area contributed by atoms with Crippen LogP contribution in [-0.4, -0.2) is 38.1 Å². The molecule has 0 radical (unpaired) electrons. The molecule has 2 aromatic carbocycles. The van der Waals surface area contributed by atoms with Gasteiger partial charge in [-0.1, -0.05) is 35.9 Å². The monoisotopic (exact) mass is 332 g/mol. The average molecular weight is 333 g/mol. The summed E-state index contributed by atoms with van der Waals surface area (Å²) in [6.07, 6.45) is 0.875. The van der Waals surface area contributed by atoms with E-state index in [9.17, 15) is 4.79 Å². The molecule has 122 valence electrons. The third-order valence-electron chi connectivity index (χ3n) is 3.50. The molecule has 0 aromatic heterocycles. The number of rotatable bonds is 7. The van der Waals surface area contributed by atoms with Gasteiger partial charge in [-0.2, -0.15) is 0 Å². The molecule has 0 saturated carbocycles. The van der Waals surface area contributed by atoms with Crippen molar-refractivity contribution >= 4 is 23.2 Å². The van der Waals surface area contributed by atoms with Gasteiger partial charge in [0, 0.05) is 6.54 Å². The lowest BCUT2D eigenvalue weighted by Gasteiger charge is -2.16. The van der Waals surface area contributed by atoms with Crippen LogP contribution in [0, 0.1) is 0 Å². The van der Waals surface area contributed by atoms with Crippen molar-refractivity contribution in [3.05, 3.63) is 59.1 Å². The number of hydrogen-bond acceptors (Lipinski definition) is 3.